The molecule has 0 bridgehead atoms. The summed E-state index contributed by atoms with van der Waals surface area (Å²) in [6, 6.07) is 13.1. The second-order valence-electron chi connectivity index (χ2n) is 13.3. The first-order valence-electron chi connectivity index (χ1n) is 16.0. The van der Waals surface area contributed by atoms with Crippen LogP contribution in [0.5, 0.6) is 0 Å². The number of rotatable bonds is 5. The van der Waals surface area contributed by atoms with Crippen LogP contribution < -0.4 is 15.1 Å². The molecule has 3 saturated heterocycles. The van der Waals surface area contributed by atoms with Gasteiger partial charge < -0.3 is 14.7 Å². The fourth-order valence-electron chi connectivity index (χ4n) is 8.21. The Hall–Kier alpha value is -3.99. The van der Waals surface area contributed by atoms with Gasteiger partial charge in [0, 0.05) is 87.3 Å². The summed E-state index contributed by atoms with van der Waals surface area (Å²) in [6.07, 6.45) is 8.05. The van der Waals surface area contributed by atoms with Crippen LogP contribution in [0.1, 0.15) is 67.3 Å². The third kappa shape index (κ3) is 5.42. The van der Waals surface area contributed by atoms with Gasteiger partial charge >= 0.3 is 0 Å². The minimum Gasteiger partial charge on any atom is -0.371 e. The van der Waals surface area contributed by atoms with Crippen LogP contribution in [0.15, 0.2) is 42.5 Å². The highest BCUT2D eigenvalue weighted by molar-refractivity contribution is 6.05. The summed E-state index contributed by atoms with van der Waals surface area (Å²) in [7, 11) is 0. The van der Waals surface area contributed by atoms with E-state index in [0.29, 0.717) is 30.0 Å². The number of carbonyl (C=O) groups is 3. The first kappa shape index (κ1) is 28.8. The number of nitrogens with zero attached hydrogens (tertiary/aromatic N) is 5. The molecule has 2 aromatic carbocycles. The van der Waals surface area contributed by atoms with Crippen molar-refractivity contribution in [3.8, 4) is 0 Å². The van der Waals surface area contributed by atoms with Crippen molar-refractivity contribution in [3.05, 3.63) is 63.7 Å². The monoisotopic (exact) mass is 600 g/mol. The minimum atomic E-state index is -0.583. The number of benzene rings is 2. The van der Waals surface area contributed by atoms with E-state index in [2.05, 4.69) is 32.1 Å². The molecule has 4 aliphatic heterocycles. The van der Waals surface area contributed by atoms with E-state index in [0.717, 1.165) is 56.2 Å². The fourth-order valence-corrected chi connectivity index (χ4v) is 8.21. The second kappa shape index (κ2) is 11.5. The number of hydrogen-bond donors (Lipinski definition) is 1. The normalized spacial score (nSPS) is 24.5. The van der Waals surface area contributed by atoms with Gasteiger partial charge in [-0.2, -0.15) is 0 Å². The number of nitro benzene ring substituents is 1. The van der Waals surface area contributed by atoms with Crippen LogP contribution in [0.4, 0.5) is 17.1 Å². The van der Waals surface area contributed by atoms with Gasteiger partial charge in [-0.25, -0.2) is 0 Å². The Morgan fingerprint density at radius 2 is 1.45 bits per heavy atom. The molecule has 0 aromatic heterocycles. The lowest BCUT2D eigenvalue weighted by Crippen LogP contribution is -2.52. The van der Waals surface area contributed by atoms with Gasteiger partial charge in [0.15, 0.2) is 0 Å². The van der Waals surface area contributed by atoms with Crippen LogP contribution in [0.3, 0.4) is 0 Å². The smallest absolute Gasteiger partial charge is 0.269 e. The van der Waals surface area contributed by atoms with Gasteiger partial charge in [-0.15, -0.1) is 0 Å². The zero-order valence-corrected chi connectivity index (χ0v) is 25.1. The quantitative estimate of drug-likeness (QED) is 0.314. The summed E-state index contributed by atoms with van der Waals surface area (Å²) in [4.78, 5) is 56.7. The number of piperazine rings is 1. The largest absolute Gasteiger partial charge is 0.371 e. The van der Waals surface area contributed by atoms with E-state index in [1.165, 1.54) is 38.5 Å². The Morgan fingerprint density at radius 1 is 0.795 bits per heavy atom. The van der Waals surface area contributed by atoms with Crippen LogP contribution in [-0.2, 0) is 16.1 Å². The first-order chi connectivity index (χ1) is 21.3. The van der Waals surface area contributed by atoms with E-state index in [4.69, 9.17) is 0 Å². The predicted octanol–water partition coefficient (Wildman–Crippen LogP) is 3.71. The van der Waals surface area contributed by atoms with Crippen molar-refractivity contribution in [2.24, 2.45) is 5.41 Å². The van der Waals surface area contributed by atoms with Crippen LogP contribution in [0, 0.1) is 15.5 Å². The average molecular weight is 601 g/mol. The number of fused-ring (bicyclic) bond motifs is 1. The molecule has 2 aromatic rings. The van der Waals surface area contributed by atoms with Crippen molar-refractivity contribution in [2.45, 2.75) is 70.0 Å². The Kier molecular flexibility index (Phi) is 7.52. The third-order valence-corrected chi connectivity index (χ3v) is 11.0. The maximum absolute atomic E-state index is 13.1. The van der Waals surface area contributed by atoms with E-state index in [9.17, 15) is 24.5 Å². The van der Waals surface area contributed by atoms with Crippen molar-refractivity contribution < 1.29 is 19.3 Å². The molecule has 11 nitrogen and oxygen atoms in total. The third-order valence-electron chi connectivity index (χ3n) is 11.0. The number of nitro groups is 1. The number of imide groups is 1. The number of amides is 3. The van der Waals surface area contributed by atoms with Crippen LogP contribution in [-0.4, -0.2) is 83.8 Å². The van der Waals surface area contributed by atoms with E-state index in [-0.39, 0.29) is 34.8 Å². The lowest BCUT2D eigenvalue weighted by atomic mass is 9.66. The van der Waals surface area contributed by atoms with Crippen LogP contribution in [0.2, 0.25) is 0 Å². The number of hydrogen-bond acceptors (Lipinski definition) is 8. The van der Waals surface area contributed by atoms with Crippen molar-refractivity contribution in [1.82, 2.24) is 15.1 Å². The zero-order chi connectivity index (χ0) is 30.4. The van der Waals surface area contributed by atoms with Crippen LogP contribution >= 0.6 is 0 Å². The molecule has 1 unspecified atom stereocenters. The molecule has 1 atom stereocenters. The molecule has 1 saturated carbocycles. The van der Waals surface area contributed by atoms with Crippen molar-refractivity contribution >= 4 is 34.8 Å². The van der Waals surface area contributed by atoms with Gasteiger partial charge in [0.1, 0.15) is 6.04 Å². The predicted molar refractivity (Wildman–Crippen MR) is 166 cm³/mol. The Bertz CT molecular complexity index is 1450. The first-order valence-corrected chi connectivity index (χ1v) is 16.0. The maximum atomic E-state index is 13.1. The molecule has 11 heteroatoms. The zero-order valence-electron chi connectivity index (χ0n) is 25.1. The SMILES string of the molecule is O=C1CCC(N2Cc3cc(N4CCC5(CCC(N6CCN(c7ccc([N+](=O)[O-])cc7)CC6)CC5)CC4)ccc3C2=O)C(=O)N1. The van der Waals surface area contributed by atoms with E-state index in [1.54, 1.807) is 17.0 Å². The van der Waals surface area contributed by atoms with Gasteiger partial charge in [0.2, 0.25) is 11.8 Å². The Balaban J connectivity index is 0.896. The highest BCUT2D eigenvalue weighted by Gasteiger charge is 2.41. The van der Waals surface area contributed by atoms with Crippen molar-refractivity contribution in [3.63, 3.8) is 0 Å². The number of anilines is 2. The van der Waals surface area contributed by atoms with Gasteiger partial charge in [-0.3, -0.25) is 34.7 Å². The molecule has 1 N–H and O–H groups in total. The summed E-state index contributed by atoms with van der Waals surface area (Å²) in [6.45, 7) is 6.41. The van der Waals surface area contributed by atoms with Gasteiger partial charge in [0.25, 0.3) is 11.6 Å². The molecule has 5 aliphatic rings. The highest BCUT2D eigenvalue weighted by atomic mass is 16.6. The van der Waals surface area contributed by atoms with Gasteiger partial charge in [-0.05, 0) is 86.3 Å². The molecule has 44 heavy (non-hydrogen) atoms. The van der Waals surface area contributed by atoms with Crippen molar-refractivity contribution in [1.29, 1.82) is 0 Å². The number of nitrogens with one attached hydrogen (secondary N) is 1. The van der Waals surface area contributed by atoms with Gasteiger partial charge in [-0.1, -0.05) is 0 Å². The van der Waals surface area contributed by atoms with E-state index < -0.39 is 6.04 Å². The number of carbonyl (C=O) groups excluding carboxylic acids is 3. The Labute approximate surface area is 257 Å². The molecular formula is C33H40N6O5. The lowest BCUT2D eigenvalue weighted by Gasteiger charge is -2.49. The molecule has 7 rings (SSSR count). The summed E-state index contributed by atoms with van der Waals surface area (Å²) in [5, 5.41) is 13.3. The minimum absolute atomic E-state index is 0.122. The number of piperidine rings is 2. The topological polar surface area (TPSA) is 119 Å². The molecule has 1 aliphatic carbocycles. The lowest BCUT2D eigenvalue weighted by molar-refractivity contribution is -0.384. The molecular weight excluding hydrogens is 560 g/mol. The number of non-ortho nitro benzene ring substituents is 1. The van der Waals surface area contributed by atoms with E-state index >= 15 is 0 Å². The summed E-state index contributed by atoms with van der Waals surface area (Å²) in [5.41, 5.74) is 4.40. The maximum Gasteiger partial charge on any atom is 0.269 e. The standard InChI is InChI=1S/C33H40N6O5/c40-30-8-7-29(31(41)34-30)38-22-23-21-27(5-6-28(23)32(38)42)35-15-13-33(14-16-35)11-9-25(10-12-33)37-19-17-36(18-20-37)24-1-3-26(4-2-24)39(43)44/h1-6,21,25,29H,7-20,22H2,(H,34,40,41). The van der Waals surface area contributed by atoms with Crippen molar-refractivity contribution in [2.75, 3.05) is 49.1 Å². The Morgan fingerprint density at radius 3 is 2.11 bits per heavy atom. The molecule has 232 valence electrons. The fraction of sp³-hybridized carbons (Fsp3) is 0.545. The van der Waals surface area contributed by atoms with E-state index in [1.807, 2.05) is 18.2 Å². The molecule has 4 fully saturated rings. The molecule has 4 heterocycles. The highest BCUT2D eigenvalue weighted by Crippen LogP contribution is 2.46. The summed E-state index contributed by atoms with van der Waals surface area (Å²) in [5.74, 6) is -0.764. The second-order valence-corrected chi connectivity index (χ2v) is 13.3. The molecule has 3 amide bonds. The van der Waals surface area contributed by atoms with Crippen LogP contribution in [0.25, 0.3) is 0 Å². The summed E-state index contributed by atoms with van der Waals surface area (Å²) < 4.78 is 0. The van der Waals surface area contributed by atoms with Gasteiger partial charge in [0.05, 0.1) is 4.92 Å². The summed E-state index contributed by atoms with van der Waals surface area (Å²) >= 11 is 0. The average Bonchev–Trinajstić information content (AvgIpc) is 3.37. The molecule has 1 spiro atoms. The molecule has 0 radical (unpaired) electrons.